The number of pyridine rings is 1. The van der Waals surface area contributed by atoms with E-state index in [9.17, 15) is 9.59 Å². The van der Waals surface area contributed by atoms with E-state index in [-0.39, 0.29) is 11.8 Å². The maximum absolute atomic E-state index is 12.8. The first-order valence-corrected chi connectivity index (χ1v) is 10.0. The molecule has 0 unspecified atom stereocenters. The molecule has 0 N–H and O–H groups in total. The van der Waals surface area contributed by atoms with E-state index in [2.05, 4.69) is 9.88 Å². The van der Waals surface area contributed by atoms with Crippen LogP contribution in [0.1, 0.15) is 23.2 Å². The first-order chi connectivity index (χ1) is 14.2. The molecule has 2 fully saturated rings. The zero-order valence-electron chi connectivity index (χ0n) is 16.7. The number of amides is 2. The van der Waals surface area contributed by atoms with Crippen LogP contribution in [0.5, 0.6) is 5.75 Å². The van der Waals surface area contributed by atoms with Crippen LogP contribution in [0.3, 0.4) is 0 Å². The Hall–Kier alpha value is -2.93. The van der Waals surface area contributed by atoms with E-state index in [0.717, 1.165) is 30.8 Å². The summed E-state index contributed by atoms with van der Waals surface area (Å²) in [5.74, 6) is 0.900. The van der Waals surface area contributed by atoms with Crippen molar-refractivity contribution in [2.75, 3.05) is 44.7 Å². The van der Waals surface area contributed by atoms with Gasteiger partial charge in [-0.3, -0.25) is 19.5 Å². The largest absolute Gasteiger partial charge is 0.497 e. The number of likely N-dealkylation sites (tertiary alicyclic amines) is 1. The molecule has 4 rings (SSSR count). The molecule has 1 aromatic heterocycles. The van der Waals surface area contributed by atoms with Gasteiger partial charge in [0.15, 0.2) is 0 Å². The summed E-state index contributed by atoms with van der Waals surface area (Å²) in [4.78, 5) is 35.4. The van der Waals surface area contributed by atoms with Crippen molar-refractivity contribution in [1.29, 1.82) is 0 Å². The number of carbonyl (C=O) groups is 2. The third-order valence-corrected chi connectivity index (χ3v) is 5.79. The number of anilines is 1. The lowest BCUT2D eigenvalue weighted by atomic mass is 10.0. The number of methoxy groups -OCH3 is 1. The second-order valence-electron chi connectivity index (χ2n) is 7.48. The Morgan fingerprint density at radius 3 is 2.62 bits per heavy atom. The summed E-state index contributed by atoms with van der Waals surface area (Å²) in [6.07, 6.45) is 5.06. The van der Waals surface area contributed by atoms with Crippen molar-refractivity contribution in [2.45, 2.75) is 18.9 Å². The molecule has 0 radical (unpaired) electrons. The molecule has 3 heterocycles. The topological polar surface area (TPSA) is 66.0 Å². The molecule has 2 saturated heterocycles. The van der Waals surface area contributed by atoms with Gasteiger partial charge in [-0.15, -0.1) is 0 Å². The second-order valence-corrected chi connectivity index (χ2v) is 7.48. The summed E-state index contributed by atoms with van der Waals surface area (Å²) < 4.78 is 5.27. The van der Waals surface area contributed by atoms with Crippen molar-refractivity contribution < 1.29 is 14.3 Å². The molecule has 2 aliphatic rings. The van der Waals surface area contributed by atoms with Gasteiger partial charge in [0.1, 0.15) is 5.75 Å². The van der Waals surface area contributed by atoms with Crippen LogP contribution >= 0.6 is 0 Å². The van der Waals surface area contributed by atoms with E-state index in [0.29, 0.717) is 37.8 Å². The van der Waals surface area contributed by atoms with Gasteiger partial charge in [0.05, 0.1) is 19.2 Å². The molecule has 7 heteroatoms. The van der Waals surface area contributed by atoms with Crippen LogP contribution in [-0.2, 0) is 4.79 Å². The molecular weight excluding hydrogens is 368 g/mol. The van der Waals surface area contributed by atoms with Gasteiger partial charge in [-0.05, 0) is 37.1 Å². The summed E-state index contributed by atoms with van der Waals surface area (Å²) >= 11 is 0. The van der Waals surface area contributed by atoms with E-state index in [1.807, 2.05) is 34.1 Å². The van der Waals surface area contributed by atoms with E-state index < -0.39 is 0 Å². The lowest BCUT2D eigenvalue weighted by Gasteiger charge is -2.42. The molecule has 0 aliphatic carbocycles. The number of carbonyl (C=O) groups excluding carboxylic acids is 2. The summed E-state index contributed by atoms with van der Waals surface area (Å²) in [6.45, 7) is 3.34. The Kier molecular flexibility index (Phi) is 5.76. The molecule has 0 spiro atoms. The monoisotopic (exact) mass is 394 g/mol. The molecule has 29 heavy (non-hydrogen) atoms. The smallest absolute Gasteiger partial charge is 0.255 e. The van der Waals surface area contributed by atoms with Gasteiger partial charge in [-0.2, -0.15) is 0 Å². The number of aromatic nitrogens is 1. The number of rotatable bonds is 4. The van der Waals surface area contributed by atoms with Crippen molar-refractivity contribution in [3.8, 4) is 5.75 Å². The molecule has 2 aromatic rings. The molecule has 0 atom stereocenters. The molecule has 7 nitrogen and oxygen atoms in total. The lowest BCUT2D eigenvalue weighted by molar-refractivity contribution is -0.122. The van der Waals surface area contributed by atoms with Gasteiger partial charge in [-0.1, -0.05) is 6.07 Å². The van der Waals surface area contributed by atoms with Crippen LogP contribution < -0.4 is 9.64 Å². The van der Waals surface area contributed by atoms with Crippen molar-refractivity contribution in [1.82, 2.24) is 14.8 Å². The Bertz CT molecular complexity index is 865. The lowest BCUT2D eigenvalue weighted by Crippen LogP contribution is -2.56. The van der Waals surface area contributed by atoms with E-state index >= 15 is 0 Å². The summed E-state index contributed by atoms with van der Waals surface area (Å²) in [5, 5.41) is 0. The highest BCUT2D eigenvalue weighted by Gasteiger charge is 2.32. The van der Waals surface area contributed by atoms with Crippen molar-refractivity contribution in [3.05, 3.63) is 54.4 Å². The van der Waals surface area contributed by atoms with Gasteiger partial charge in [-0.25, -0.2) is 0 Å². The Labute approximate surface area is 170 Å². The molecule has 0 bridgehead atoms. The van der Waals surface area contributed by atoms with Gasteiger partial charge in [0.25, 0.3) is 5.91 Å². The number of ether oxygens (including phenoxy) is 1. The Morgan fingerprint density at radius 1 is 1.10 bits per heavy atom. The van der Waals surface area contributed by atoms with Crippen LogP contribution in [-0.4, -0.2) is 72.5 Å². The fourth-order valence-corrected chi connectivity index (χ4v) is 4.16. The Morgan fingerprint density at radius 2 is 1.93 bits per heavy atom. The SMILES string of the molecule is COc1cccc(N2CCN(C3CCN(C(=O)c4cccnc4)CC3)CC2=O)c1. The number of piperidine rings is 1. The quantitative estimate of drug-likeness (QED) is 0.794. The number of hydrogen-bond acceptors (Lipinski definition) is 5. The highest BCUT2D eigenvalue weighted by atomic mass is 16.5. The van der Waals surface area contributed by atoms with Gasteiger partial charge >= 0.3 is 0 Å². The average Bonchev–Trinajstić information content (AvgIpc) is 2.79. The number of hydrogen-bond donors (Lipinski definition) is 0. The zero-order valence-corrected chi connectivity index (χ0v) is 16.7. The summed E-state index contributed by atoms with van der Waals surface area (Å²) in [5.41, 5.74) is 1.51. The van der Waals surface area contributed by atoms with Crippen LogP contribution in [0.15, 0.2) is 48.8 Å². The second kappa shape index (κ2) is 8.61. The van der Waals surface area contributed by atoms with Gasteiger partial charge in [0, 0.05) is 56.4 Å². The number of piperazine rings is 1. The van der Waals surface area contributed by atoms with Crippen LogP contribution in [0.4, 0.5) is 5.69 Å². The third kappa shape index (κ3) is 4.24. The van der Waals surface area contributed by atoms with E-state index in [4.69, 9.17) is 4.74 Å². The molecular formula is C22H26N4O3. The normalized spacial score (nSPS) is 18.7. The predicted molar refractivity (Wildman–Crippen MR) is 110 cm³/mol. The average molecular weight is 394 g/mol. The van der Waals surface area contributed by atoms with Gasteiger partial charge < -0.3 is 14.5 Å². The molecule has 1 aromatic carbocycles. The van der Waals surface area contributed by atoms with E-state index in [1.54, 1.807) is 31.6 Å². The minimum absolute atomic E-state index is 0.0375. The van der Waals surface area contributed by atoms with Crippen molar-refractivity contribution >= 4 is 17.5 Å². The third-order valence-electron chi connectivity index (χ3n) is 5.79. The standard InChI is InChI=1S/C22H26N4O3/c1-29-20-6-2-5-19(14-20)26-13-12-25(16-21(26)27)18-7-10-24(11-8-18)22(28)17-4-3-9-23-15-17/h2-6,9,14-15,18H,7-8,10-13,16H2,1H3. The maximum atomic E-state index is 12.8. The number of nitrogens with zero attached hydrogens (tertiary/aromatic N) is 4. The molecule has 2 aliphatic heterocycles. The first kappa shape index (κ1) is 19.4. The highest BCUT2D eigenvalue weighted by Crippen LogP contribution is 2.25. The highest BCUT2D eigenvalue weighted by molar-refractivity contribution is 5.96. The predicted octanol–water partition coefficient (Wildman–Crippen LogP) is 2.04. The summed E-state index contributed by atoms with van der Waals surface area (Å²) in [7, 11) is 1.63. The zero-order chi connectivity index (χ0) is 20.2. The fraction of sp³-hybridized carbons (Fsp3) is 0.409. The minimum atomic E-state index is 0.0375. The van der Waals surface area contributed by atoms with Crippen LogP contribution in [0.2, 0.25) is 0 Å². The van der Waals surface area contributed by atoms with E-state index in [1.165, 1.54) is 0 Å². The van der Waals surface area contributed by atoms with Crippen LogP contribution in [0.25, 0.3) is 0 Å². The van der Waals surface area contributed by atoms with Crippen molar-refractivity contribution in [3.63, 3.8) is 0 Å². The molecule has 0 saturated carbocycles. The van der Waals surface area contributed by atoms with Gasteiger partial charge in [0.2, 0.25) is 5.91 Å². The summed E-state index contributed by atoms with van der Waals surface area (Å²) in [6, 6.07) is 11.6. The minimum Gasteiger partial charge on any atom is -0.497 e. The van der Waals surface area contributed by atoms with Crippen molar-refractivity contribution in [2.24, 2.45) is 0 Å². The first-order valence-electron chi connectivity index (χ1n) is 10.0. The molecule has 152 valence electrons. The van der Waals surface area contributed by atoms with Crippen LogP contribution in [0, 0.1) is 0 Å². The number of benzene rings is 1. The molecule has 2 amide bonds. The Balaban J connectivity index is 1.32. The fourth-order valence-electron chi connectivity index (χ4n) is 4.16. The maximum Gasteiger partial charge on any atom is 0.255 e.